The molecule has 0 aromatic heterocycles. The Morgan fingerprint density at radius 2 is 1.11 bits per heavy atom. The Kier molecular flexibility index (Phi) is 6.30. The van der Waals surface area contributed by atoms with Gasteiger partial charge in [-0.05, 0) is 6.42 Å². The van der Waals surface area contributed by atoms with Crippen LogP contribution in [0.5, 0.6) is 0 Å². The molecule has 1 unspecified atom stereocenters. The van der Waals surface area contributed by atoms with E-state index in [4.69, 9.17) is 5.11 Å². The summed E-state index contributed by atoms with van der Waals surface area (Å²) in [5, 5.41) is 8.43. The number of rotatable bonds is 8. The molecule has 0 bridgehead atoms. The average Bonchev–Trinajstić information content (AvgIpc) is 2.45. The van der Waals surface area contributed by atoms with Crippen LogP contribution in [-0.2, 0) is 4.79 Å². The monoisotopic (exact) mass is 432 g/mol. The molecule has 27 heavy (non-hydrogen) atoms. The highest BCUT2D eigenvalue weighted by atomic mass is 19.4. The Balaban J connectivity index is 6.54. The van der Waals surface area contributed by atoms with Crippen LogP contribution in [0.25, 0.3) is 0 Å². The Labute approximate surface area is 141 Å². The number of alkyl halides is 13. The minimum absolute atomic E-state index is 0.503. The summed E-state index contributed by atoms with van der Waals surface area (Å²) in [5.41, 5.74) is -1.89. The highest BCUT2D eigenvalue weighted by molar-refractivity contribution is 5.86. The fourth-order valence-corrected chi connectivity index (χ4v) is 1.87. The maximum absolute atomic E-state index is 13.8. The largest absolute Gasteiger partial charge is 0.478 e. The van der Waals surface area contributed by atoms with E-state index < -0.39 is 59.7 Å². The first-order valence-electron chi connectivity index (χ1n) is 6.43. The van der Waals surface area contributed by atoms with Crippen LogP contribution in [0.3, 0.4) is 0 Å². The molecular weight excluding hydrogens is 423 g/mol. The molecule has 0 heterocycles. The number of carboxylic acids is 1. The third kappa shape index (κ3) is 3.44. The van der Waals surface area contributed by atoms with E-state index in [1.807, 2.05) is 0 Å². The van der Waals surface area contributed by atoms with Gasteiger partial charge in [0, 0.05) is 5.57 Å². The molecule has 0 aromatic carbocycles. The highest BCUT2D eigenvalue weighted by Gasteiger charge is 2.91. The van der Waals surface area contributed by atoms with Crippen LogP contribution in [0.2, 0.25) is 0 Å². The van der Waals surface area contributed by atoms with Crippen LogP contribution in [0.1, 0.15) is 13.3 Å². The maximum Gasteiger partial charge on any atom is 0.460 e. The molecule has 0 saturated carbocycles. The van der Waals surface area contributed by atoms with Crippen molar-refractivity contribution in [2.75, 3.05) is 0 Å². The molecule has 0 aromatic rings. The van der Waals surface area contributed by atoms with Crippen molar-refractivity contribution in [3.05, 3.63) is 12.2 Å². The van der Waals surface area contributed by atoms with E-state index in [9.17, 15) is 61.9 Å². The number of aliphatic carboxylic acids is 1. The first-order valence-corrected chi connectivity index (χ1v) is 6.43. The first kappa shape index (κ1) is 25.3. The molecular formula is C12H9F13O2. The molecule has 160 valence electrons. The molecule has 0 amide bonds. The second-order valence-corrected chi connectivity index (χ2v) is 5.21. The number of carbonyl (C=O) groups is 1. The zero-order valence-electron chi connectivity index (χ0n) is 12.8. The van der Waals surface area contributed by atoms with Crippen molar-refractivity contribution >= 4 is 5.97 Å². The summed E-state index contributed by atoms with van der Waals surface area (Å²) in [5.74, 6) is -43.8. The van der Waals surface area contributed by atoms with Crippen molar-refractivity contribution in [3.63, 3.8) is 0 Å². The second kappa shape index (κ2) is 6.72. The summed E-state index contributed by atoms with van der Waals surface area (Å²) >= 11 is 0. The number of hydrogen-bond donors (Lipinski definition) is 1. The number of carboxylic acid groups (broad SMARTS) is 1. The summed E-state index contributed by atoms with van der Waals surface area (Å²) in [4.78, 5) is 10.5. The Bertz CT molecular complexity index is 591. The average molecular weight is 432 g/mol. The molecule has 0 saturated heterocycles. The third-order valence-corrected chi connectivity index (χ3v) is 3.50. The van der Waals surface area contributed by atoms with Crippen molar-refractivity contribution in [3.8, 4) is 0 Å². The van der Waals surface area contributed by atoms with Crippen LogP contribution >= 0.6 is 0 Å². The lowest BCUT2D eigenvalue weighted by molar-refractivity contribution is -0.442. The van der Waals surface area contributed by atoms with Crippen molar-refractivity contribution in [1.82, 2.24) is 0 Å². The van der Waals surface area contributed by atoms with E-state index in [2.05, 4.69) is 6.58 Å². The van der Waals surface area contributed by atoms with E-state index in [-0.39, 0.29) is 0 Å². The normalized spacial score (nSPS) is 16.2. The van der Waals surface area contributed by atoms with Gasteiger partial charge in [-0.1, -0.05) is 13.5 Å². The molecule has 2 nitrogen and oxygen atoms in total. The first-order chi connectivity index (χ1) is 11.6. The van der Waals surface area contributed by atoms with E-state index in [1.165, 1.54) is 0 Å². The van der Waals surface area contributed by atoms with Crippen LogP contribution in [0.4, 0.5) is 57.1 Å². The molecule has 15 heteroatoms. The molecule has 0 spiro atoms. The van der Waals surface area contributed by atoms with Gasteiger partial charge in [0.2, 0.25) is 0 Å². The lowest BCUT2D eigenvalue weighted by Gasteiger charge is -2.41. The van der Waals surface area contributed by atoms with Gasteiger partial charge in [-0.2, -0.15) is 57.1 Å². The van der Waals surface area contributed by atoms with Gasteiger partial charge < -0.3 is 5.11 Å². The van der Waals surface area contributed by atoms with Crippen LogP contribution in [0.15, 0.2) is 12.2 Å². The smallest absolute Gasteiger partial charge is 0.460 e. The summed E-state index contributed by atoms with van der Waals surface area (Å²) in [7, 11) is 0. The van der Waals surface area contributed by atoms with E-state index in [0.717, 1.165) is 0 Å². The van der Waals surface area contributed by atoms with Crippen LogP contribution < -0.4 is 0 Å². The second-order valence-electron chi connectivity index (χ2n) is 5.21. The molecule has 0 aliphatic heterocycles. The Morgan fingerprint density at radius 1 is 0.778 bits per heavy atom. The summed E-state index contributed by atoms with van der Waals surface area (Å²) < 4.78 is 168. The minimum Gasteiger partial charge on any atom is -0.478 e. The molecule has 0 radical (unpaired) electrons. The number of hydrogen-bond acceptors (Lipinski definition) is 1. The SMILES string of the molecule is C=C(C(=O)O)C(CC)C(F)(F)C(F)(F)C(F)(F)C(F)(F)C(F)(F)C(F)(F)F. The van der Waals surface area contributed by atoms with Gasteiger partial charge in [0.1, 0.15) is 0 Å². The molecule has 0 fully saturated rings. The Morgan fingerprint density at radius 3 is 1.37 bits per heavy atom. The lowest BCUT2D eigenvalue weighted by Crippen LogP contribution is -2.71. The number of halogens is 13. The topological polar surface area (TPSA) is 37.3 Å². The van der Waals surface area contributed by atoms with Gasteiger partial charge in [0.25, 0.3) is 0 Å². The van der Waals surface area contributed by atoms with E-state index in [0.29, 0.717) is 6.92 Å². The van der Waals surface area contributed by atoms with E-state index >= 15 is 0 Å². The summed E-state index contributed by atoms with van der Waals surface area (Å²) in [6.45, 7) is 2.87. The lowest BCUT2D eigenvalue weighted by atomic mass is 9.82. The van der Waals surface area contributed by atoms with Crippen molar-refractivity contribution in [2.24, 2.45) is 5.92 Å². The molecule has 0 rings (SSSR count). The third-order valence-electron chi connectivity index (χ3n) is 3.50. The Hall–Kier alpha value is -1.70. The quantitative estimate of drug-likeness (QED) is 0.413. The molecule has 1 atom stereocenters. The minimum atomic E-state index is -8.02. The van der Waals surface area contributed by atoms with Gasteiger partial charge in [0.05, 0.1) is 5.92 Å². The van der Waals surface area contributed by atoms with Crippen molar-refractivity contribution < 1.29 is 67.0 Å². The molecule has 1 N–H and O–H groups in total. The zero-order chi connectivity index (χ0) is 22.4. The predicted molar refractivity (Wildman–Crippen MR) is 61.3 cm³/mol. The molecule has 0 aliphatic rings. The van der Waals surface area contributed by atoms with Crippen molar-refractivity contribution in [2.45, 2.75) is 49.1 Å². The highest BCUT2D eigenvalue weighted by Crippen LogP contribution is 2.61. The standard InChI is InChI=1S/C12H9F13O2/c1-3-5(4(2)6(26)27)7(13,14)8(15,16)9(17,18)10(19,20)11(21,22)12(23,24)25/h5H,2-3H2,1H3,(H,26,27). The summed E-state index contributed by atoms with van der Waals surface area (Å²) in [6.07, 6.45) is -8.94. The van der Waals surface area contributed by atoms with Crippen LogP contribution in [-0.4, -0.2) is 46.9 Å². The summed E-state index contributed by atoms with van der Waals surface area (Å²) in [6, 6.07) is 0. The van der Waals surface area contributed by atoms with Crippen LogP contribution in [0, 0.1) is 5.92 Å². The van der Waals surface area contributed by atoms with Gasteiger partial charge >= 0.3 is 41.8 Å². The predicted octanol–water partition coefficient (Wildman–Crippen LogP) is 5.39. The van der Waals surface area contributed by atoms with E-state index in [1.54, 1.807) is 0 Å². The van der Waals surface area contributed by atoms with Gasteiger partial charge in [-0.3, -0.25) is 0 Å². The van der Waals surface area contributed by atoms with Gasteiger partial charge in [-0.25, -0.2) is 4.79 Å². The fourth-order valence-electron chi connectivity index (χ4n) is 1.87. The zero-order valence-corrected chi connectivity index (χ0v) is 12.8. The fraction of sp³-hybridized carbons (Fsp3) is 0.750. The van der Waals surface area contributed by atoms with Gasteiger partial charge in [0.15, 0.2) is 0 Å². The maximum atomic E-state index is 13.8. The van der Waals surface area contributed by atoms with Crippen molar-refractivity contribution in [1.29, 1.82) is 0 Å². The van der Waals surface area contributed by atoms with Gasteiger partial charge in [-0.15, -0.1) is 0 Å². The molecule has 0 aliphatic carbocycles.